The van der Waals surface area contributed by atoms with E-state index < -0.39 is 0 Å². The number of aromatic nitrogens is 1. The van der Waals surface area contributed by atoms with E-state index in [1.807, 2.05) is 11.3 Å². The van der Waals surface area contributed by atoms with E-state index in [0.29, 0.717) is 12.0 Å². The van der Waals surface area contributed by atoms with Gasteiger partial charge in [-0.05, 0) is 51.6 Å². The Balaban J connectivity index is 1.90. The first-order valence-electron chi connectivity index (χ1n) is 7.17. The van der Waals surface area contributed by atoms with Crippen LogP contribution < -0.4 is 5.73 Å². The first-order chi connectivity index (χ1) is 8.79. The Morgan fingerprint density at radius 3 is 2.83 bits per heavy atom. The van der Waals surface area contributed by atoms with Gasteiger partial charge in [-0.2, -0.15) is 0 Å². The standard InChI is InChI=1S/C14H23N3S/c1-10-9-18-14(16-10)13-11(8-15)4-2-3-7-17(13)12-5-6-12/h9,11-13H,2-8,15H2,1H3. The molecule has 0 bridgehead atoms. The first kappa shape index (κ1) is 12.6. The average Bonchev–Trinajstić information content (AvgIpc) is 3.14. The summed E-state index contributed by atoms with van der Waals surface area (Å²) >= 11 is 1.83. The van der Waals surface area contributed by atoms with Crippen molar-refractivity contribution in [3.63, 3.8) is 0 Å². The van der Waals surface area contributed by atoms with Crippen LogP contribution in [0.5, 0.6) is 0 Å². The molecule has 2 unspecified atom stereocenters. The van der Waals surface area contributed by atoms with Crippen LogP contribution in [0.1, 0.15) is 48.8 Å². The highest BCUT2D eigenvalue weighted by molar-refractivity contribution is 7.09. The highest BCUT2D eigenvalue weighted by Gasteiger charge is 2.40. The Morgan fingerprint density at radius 1 is 1.39 bits per heavy atom. The smallest absolute Gasteiger partial charge is 0.110 e. The lowest BCUT2D eigenvalue weighted by Gasteiger charge is -2.33. The summed E-state index contributed by atoms with van der Waals surface area (Å²) in [5.74, 6) is 0.596. The molecule has 2 heterocycles. The molecule has 2 N–H and O–H groups in total. The third-order valence-corrected chi connectivity index (χ3v) is 5.29. The molecule has 0 amide bonds. The highest BCUT2D eigenvalue weighted by atomic mass is 32.1. The zero-order valence-corrected chi connectivity index (χ0v) is 12.0. The summed E-state index contributed by atoms with van der Waals surface area (Å²) in [5, 5.41) is 3.48. The topological polar surface area (TPSA) is 42.1 Å². The molecule has 0 spiro atoms. The lowest BCUT2D eigenvalue weighted by Crippen LogP contribution is -2.37. The van der Waals surface area contributed by atoms with Gasteiger partial charge >= 0.3 is 0 Å². The van der Waals surface area contributed by atoms with Crippen LogP contribution in [0.25, 0.3) is 0 Å². The van der Waals surface area contributed by atoms with E-state index in [-0.39, 0.29) is 0 Å². The molecule has 2 fully saturated rings. The van der Waals surface area contributed by atoms with Gasteiger partial charge in [-0.25, -0.2) is 4.98 Å². The molecule has 1 saturated heterocycles. The van der Waals surface area contributed by atoms with E-state index in [2.05, 4.69) is 17.2 Å². The minimum atomic E-state index is 0.490. The molecule has 18 heavy (non-hydrogen) atoms. The van der Waals surface area contributed by atoms with E-state index in [1.54, 1.807) is 0 Å². The quantitative estimate of drug-likeness (QED) is 0.913. The van der Waals surface area contributed by atoms with Crippen LogP contribution in [0.4, 0.5) is 0 Å². The summed E-state index contributed by atoms with van der Waals surface area (Å²) in [6, 6.07) is 1.30. The van der Waals surface area contributed by atoms with Crippen molar-refractivity contribution in [1.29, 1.82) is 0 Å². The van der Waals surface area contributed by atoms with Gasteiger partial charge < -0.3 is 5.73 Å². The van der Waals surface area contributed by atoms with Gasteiger partial charge in [0.2, 0.25) is 0 Å². The number of nitrogens with zero attached hydrogens (tertiary/aromatic N) is 2. The number of hydrogen-bond donors (Lipinski definition) is 1. The van der Waals surface area contributed by atoms with Gasteiger partial charge in [-0.15, -0.1) is 11.3 Å². The molecule has 0 radical (unpaired) electrons. The van der Waals surface area contributed by atoms with Crippen molar-refractivity contribution >= 4 is 11.3 Å². The zero-order valence-electron chi connectivity index (χ0n) is 11.1. The van der Waals surface area contributed by atoms with Crippen molar-refractivity contribution in [2.24, 2.45) is 11.7 Å². The molecule has 2 atom stereocenters. The molecule has 1 aliphatic carbocycles. The van der Waals surface area contributed by atoms with Crippen molar-refractivity contribution in [2.45, 2.75) is 51.1 Å². The van der Waals surface area contributed by atoms with Crippen LogP contribution in [-0.2, 0) is 0 Å². The van der Waals surface area contributed by atoms with E-state index >= 15 is 0 Å². The Labute approximate surface area is 113 Å². The van der Waals surface area contributed by atoms with Crippen LogP contribution in [0.15, 0.2) is 5.38 Å². The molecule has 0 aromatic carbocycles. The van der Waals surface area contributed by atoms with Crippen molar-refractivity contribution in [1.82, 2.24) is 9.88 Å². The molecule has 2 aliphatic rings. The lowest BCUT2D eigenvalue weighted by atomic mass is 9.95. The van der Waals surface area contributed by atoms with Crippen LogP contribution in [-0.4, -0.2) is 29.0 Å². The Morgan fingerprint density at radius 2 is 2.22 bits per heavy atom. The molecule has 1 aliphatic heterocycles. The third kappa shape index (κ3) is 2.46. The van der Waals surface area contributed by atoms with Gasteiger partial charge in [0.15, 0.2) is 0 Å². The number of thiazole rings is 1. The normalized spacial score (nSPS) is 30.3. The SMILES string of the molecule is Cc1csc(C2C(CN)CCCCN2C2CC2)n1. The molecule has 1 saturated carbocycles. The number of hydrogen-bond acceptors (Lipinski definition) is 4. The van der Waals surface area contributed by atoms with Crippen LogP contribution in [0.3, 0.4) is 0 Å². The predicted molar refractivity (Wildman–Crippen MR) is 75.7 cm³/mol. The van der Waals surface area contributed by atoms with Gasteiger partial charge in [0.1, 0.15) is 5.01 Å². The molecular weight excluding hydrogens is 242 g/mol. The Kier molecular flexibility index (Phi) is 3.68. The number of nitrogens with two attached hydrogens (primary N) is 1. The average molecular weight is 265 g/mol. The second-order valence-corrected chi connectivity index (χ2v) is 6.62. The molecule has 3 rings (SSSR count). The lowest BCUT2D eigenvalue weighted by molar-refractivity contribution is 0.149. The van der Waals surface area contributed by atoms with E-state index in [1.165, 1.54) is 43.7 Å². The fourth-order valence-corrected chi connectivity index (χ4v) is 4.19. The molecule has 4 heteroatoms. The number of likely N-dealkylation sites (tertiary alicyclic amines) is 1. The maximum absolute atomic E-state index is 6.04. The summed E-state index contributed by atoms with van der Waals surface area (Å²) in [5.41, 5.74) is 7.20. The molecular formula is C14H23N3S. The van der Waals surface area contributed by atoms with Crippen molar-refractivity contribution in [3.8, 4) is 0 Å². The van der Waals surface area contributed by atoms with Gasteiger partial charge in [-0.1, -0.05) is 6.42 Å². The summed E-state index contributed by atoms with van der Waals surface area (Å²) in [6.45, 7) is 4.13. The minimum Gasteiger partial charge on any atom is -0.330 e. The summed E-state index contributed by atoms with van der Waals surface area (Å²) in [6.07, 6.45) is 6.67. The van der Waals surface area contributed by atoms with Crippen molar-refractivity contribution in [2.75, 3.05) is 13.1 Å². The zero-order chi connectivity index (χ0) is 12.5. The number of aryl methyl sites for hydroxylation is 1. The molecule has 3 nitrogen and oxygen atoms in total. The van der Waals surface area contributed by atoms with E-state index in [0.717, 1.165) is 18.3 Å². The second-order valence-electron chi connectivity index (χ2n) is 5.73. The van der Waals surface area contributed by atoms with Crippen molar-refractivity contribution in [3.05, 3.63) is 16.1 Å². The molecule has 1 aromatic heterocycles. The summed E-state index contributed by atoms with van der Waals surface area (Å²) in [7, 11) is 0. The largest absolute Gasteiger partial charge is 0.330 e. The molecule has 100 valence electrons. The van der Waals surface area contributed by atoms with E-state index in [4.69, 9.17) is 10.7 Å². The van der Waals surface area contributed by atoms with Gasteiger partial charge in [0.25, 0.3) is 0 Å². The maximum Gasteiger partial charge on any atom is 0.110 e. The van der Waals surface area contributed by atoms with Crippen molar-refractivity contribution < 1.29 is 0 Å². The monoisotopic (exact) mass is 265 g/mol. The maximum atomic E-state index is 6.04. The first-order valence-corrected chi connectivity index (χ1v) is 8.05. The second kappa shape index (κ2) is 5.27. The van der Waals surface area contributed by atoms with Crippen LogP contribution >= 0.6 is 11.3 Å². The predicted octanol–water partition coefficient (Wildman–Crippen LogP) is 2.72. The van der Waals surface area contributed by atoms with Gasteiger partial charge in [0.05, 0.1) is 6.04 Å². The minimum absolute atomic E-state index is 0.490. The highest BCUT2D eigenvalue weighted by Crippen LogP contribution is 2.42. The molecule has 1 aromatic rings. The summed E-state index contributed by atoms with van der Waals surface area (Å²) in [4.78, 5) is 7.47. The van der Waals surface area contributed by atoms with Crippen LogP contribution in [0, 0.1) is 12.8 Å². The van der Waals surface area contributed by atoms with E-state index in [9.17, 15) is 0 Å². The Bertz CT molecular complexity index is 399. The fraction of sp³-hybridized carbons (Fsp3) is 0.786. The number of rotatable bonds is 3. The fourth-order valence-electron chi connectivity index (χ4n) is 3.18. The Hall–Kier alpha value is -0.450. The van der Waals surface area contributed by atoms with Gasteiger partial charge in [-0.3, -0.25) is 4.90 Å². The van der Waals surface area contributed by atoms with Gasteiger partial charge in [0, 0.05) is 17.1 Å². The summed E-state index contributed by atoms with van der Waals surface area (Å²) < 4.78 is 0. The third-order valence-electron chi connectivity index (χ3n) is 4.25. The van der Waals surface area contributed by atoms with Crippen LogP contribution in [0.2, 0.25) is 0 Å².